The molecule has 4 aliphatic rings. The summed E-state index contributed by atoms with van der Waals surface area (Å²) < 4.78 is 17.4. The average Bonchev–Trinajstić information content (AvgIpc) is 3.66. The molecule has 0 radical (unpaired) electrons. The summed E-state index contributed by atoms with van der Waals surface area (Å²) in [6, 6.07) is 17.9. The molecule has 3 amide bonds. The Labute approximate surface area is 368 Å². The predicted octanol–water partition coefficient (Wildman–Crippen LogP) is 6.04. The van der Waals surface area contributed by atoms with E-state index in [1.807, 2.05) is 47.4 Å². The highest BCUT2D eigenvalue weighted by molar-refractivity contribution is 6.01. The van der Waals surface area contributed by atoms with Gasteiger partial charge in [0.15, 0.2) is 11.6 Å². The molecular formula is C48H58FN11O3. The summed E-state index contributed by atoms with van der Waals surface area (Å²) in [6.45, 7) is 9.77. The van der Waals surface area contributed by atoms with Crippen LogP contribution in [-0.2, 0) is 16.6 Å². The van der Waals surface area contributed by atoms with Crippen molar-refractivity contribution in [2.45, 2.75) is 63.5 Å². The maximum absolute atomic E-state index is 15.2. The summed E-state index contributed by atoms with van der Waals surface area (Å²) in [5.74, 6) is 1.12. The molecule has 3 N–H and O–H groups in total. The number of carbonyl (C=O) groups is 3. The van der Waals surface area contributed by atoms with Gasteiger partial charge in [-0.3, -0.25) is 29.5 Å². The minimum absolute atomic E-state index is 0.115. The lowest BCUT2D eigenvalue weighted by Crippen LogP contribution is -2.49. The molecule has 0 spiro atoms. The Bertz CT molecular complexity index is 2430. The molecule has 0 bridgehead atoms. The normalized spacial score (nSPS) is 20.2. The number of amides is 3. The zero-order valence-corrected chi connectivity index (χ0v) is 36.5. The Morgan fingerprint density at radius 1 is 0.873 bits per heavy atom. The number of aromatic nitrogens is 4. The second-order valence-electron chi connectivity index (χ2n) is 17.7. The van der Waals surface area contributed by atoms with Crippen LogP contribution in [0.2, 0.25) is 0 Å². The molecule has 2 atom stereocenters. The van der Waals surface area contributed by atoms with E-state index < -0.39 is 17.8 Å². The molecule has 5 aromatic rings. The van der Waals surface area contributed by atoms with Crippen molar-refractivity contribution < 1.29 is 18.8 Å². The number of pyridine rings is 3. The lowest BCUT2D eigenvalue weighted by Gasteiger charge is -2.39. The van der Waals surface area contributed by atoms with Gasteiger partial charge in [-0.05, 0) is 111 Å². The Balaban J connectivity index is 0.716. The third kappa shape index (κ3) is 9.12. The van der Waals surface area contributed by atoms with Crippen molar-refractivity contribution >= 4 is 46.1 Å². The van der Waals surface area contributed by atoms with Crippen LogP contribution in [0.4, 0.5) is 21.7 Å². The quantitative estimate of drug-likeness (QED) is 0.134. The van der Waals surface area contributed by atoms with Crippen LogP contribution in [0.15, 0.2) is 73.2 Å². The molecule has 4 fully saturated rings. The molecule has 14 nitrogen and oxygen atoms in total. The van der Waals surface area contributed by atoms with Gasteiger partial charge in [0.1, 0.15) is 17.5 Å². The first-order valence-electron chi connectivity index (χ1n) is 22.6. The molecule has 4 saturated heterocycles. The molecule has 1 unspecified atom stereocenters. The molecule has 9 rings (SSSR count). The number of rotatable bonds is 11. The minimum atomic E-state index is -0.589. The van der Waals surface area contributed by atoms with Gasteiger partial charge in [-0.15, -0.1) is 0 Å². The van der Waals surface area contributed by atoms with Crippen molar-refractivity contribution in [1.29, 1.82) is 0 Å². The minimum Gasteiger partial charge on any atom is -0.373 e. The van der Waals surface area contributed by atoms with E-state index in [2.05, 4.69) is 84.6 Å². The van der Waals surface area contributed by atoms with Crippen molar-refractivity contribution in [2.24, 2.45) is 13.0 Å². The molecule has 8 heterocycles. The highest BCUT2D eigenvalue weighted by Crippen LogP contribution is 2.36. The fourth-order valence-electron chi connectivity index (χ4n) is 10.1. The van der Waals surface area contributed by atoms with E-state index in [1.165, 1.54) is 17.3 Å². The van der Waals surface area contributed by atoms with Crippen LogP contribution in [-0.4, -0.2) is 124 Å². The number of imide groups is 1. The molecule has 4 aromatic heterocycles. The summed E-state index contributed by atoms with van der Waals surface area (Å²) in [5.41, 5.74) is 6.94. The molecule has 1 aromatic carbocycles. The van der Waals surface area contributed by atoms with Gasteiger partial charge in [-0.1, -0.05) is 12.1 Å². The van der Waals surface area contributed by atoms with Crippen molar-refractivity contribution in [3.8, 4) is 11.1 Å². The standard InChI is InChI=1S/C48H58FN11O3/c1-31(42-27-39-38(12-17-51-45(39)56(42)3)36-8-10-43(50-2)52-28-36)58-20-15-34(16-21-58)33-4-6-35(7-5-33)48(63)60-18-13-32(14-19-60)30-57-22-24-59(25-23-57)46-40(49)26-37(29-53-46)54-41-9-11-44(61)55-47(41)62/h4-8,10,12,17,26-29,31-32,34,41,54H,9,11,13-16,18-25,30H2,1-3H3,(H,50,52)(H,55,61,62)/t31-,41?/m0/s1. The van der Waals surface area contributed by atoms with E-state index in [1.54, 1.807) is 6.20 Å². The fraction of sp³-hybridized carbons (Fsp3) is 0.458. The van der Waals surface area contributed by atoms with Crippen LogP contribution in [0.3, 0.4) is 0 Å². The summed E-state index contributed by atoms with van der Waals surface area (Å²) in [5, 5.41) is 9.55. The number of benzene rings is 1. The smallest absolute Gasteiger partial charge is 0.253 e. The number of halogens is 1. The first-order valence-corrected chi connectivity index (χ1v) is 22.6. The second-order valence-corrected chi connectivity index (χ2v) is 17.7. The third-order valence-corrected chi connectivity index (χ3v) is 13.9. The molecule has 4 aliphatic heterocycles. The van der Waals surface area contributed by atoms with E-state index >= 15 is 4.39 Å². The van der Waals surface area contributed by atoms with Crippen LogP contribution < -0.4 is 20.9 Å². The average molecular weight is 856 g/mol. The van der Waals surface area contributed by atoms with E-state index in [0.717, 1.165) is 105 Å². The number of carbonyl (C=O) groups excluding carboxylic acids is 3. The Hall–Kier alpha value is -5.93. The van der Waals surface area contributed by atoms with Gasteiger partial charge in [0.05, 0.1) is 11.9 Å². The van der Waals surface area contributed by atoms with E-state index in [9.17, 15) is 14.4 Å². The highest BCUT2D eigenvalue weighted by atomic mass is 19.1. The third-order valence-electron chi connectivity index (χ3n) is 13.9. The molecule has 15 heteroatoms. The Kier molecular flexibility index (Phi) is 12.4. The Morgan fingerprint density at radius 3 is 2.32 bits per heavy atom. The summed E-state index contributed by atoms with van der Waals surface area (Å²) >= 11 is 0. The van der Waals surface area contributed by atoms with Gasteiger partial charge in [0.2, 0.25) is 11.8 Å². The van der Waals surface area contributed by atoms with Crippen LogP contribution >= 0.6 is 0 Å². The number of aryl methyl sites for hydroxylation is 1. The van der Waals surface area contributed by atoms with Gasteiger partial charge < -0.3 is 25.0 Å². The van der Waals surface area contributed by atoms with Gasteiger partial charge >= 0.3 is 0 Å². The molecule has 330 valence electrons. The van der Waals surface area contributed by atoms with Crippen LogP contribution in [0.1, 0.15) is 79.0 Å². The van der Waals surface area contributed by atoms with Crippen molar-refractivity contribution in [3.63, 3.8) is 0 Å². The Morgan fingerprint density at radius 2 is 1.63 bits per heavy atom. The van der Waals surface area contributed by atoms with Gasteiger partial charge in [-0.2, -0.15) is 0 Å². The summed E-state index contributed by atoms with van der Waals surface area (Å²) in [4.78, 5) is 59.9. The molecule has 0 saturated carbocycles. The number of anilines is 3. The second kappa shape index (κ2) is 18.4. The van der Waals surface area contributed by atoms with Gasteiger partial charge in [-0.25, -0.2) is 19.3 Å². The molecular weight excluding hydrogens is 798 g/mol. The zero-order valence-electron chi connectivity index (χ0n) is 36.5. The number of hydrogen-bond acceptors (Lipinski definition) is 11. The number of fused-ring (bicyclic) bond motifs is 1. The van der Waals surface area contributed by atoms with E-state index in [-0.39, 0.29) is 24.3 Å². The van der Waals surface area contributed by atoms with Crippen LogP contribution in [0.25, 0.3) is 22.2 Å². The lowest BCUT2D eigenvalue weighted by molar-refractivity contribution is -0.133. The number of piperazine rings is 1. The first-order chi connectivity index (χ1) is 30.6. The molecule has 63 heavy (non-hydrogen) atoms. The summed E-state index contributed by atoms with van der Waals surface area (Å²) in [7, 11) is 4.00. The topological polar surface area (TPSA) is 144 Å². The summed E-state index contributed by atoms with van der Waals surface area (Å²) in [6.07, 6.45) is 10.1. The van der Waals surface area contributed by atoms with Gasteiger partial charge in [0.25, 0.3) is 5.91 Å². The van der Waals surface area contributed by atoms with Gasteiger partial charge in [0, 0.05) is 113 Å². The van der Waals surface area contributed by atoms with Crippen molar-refractivity contribution in [3.05, 3.63) is 95.8 Å². The fourth-order valence-corrected chi connectivity index (χ4v) is 10.1. The highest BCUT2D eigenvalue weighted by Gasteiger charge is 2.31. The monoisotopic (exact) mass is 855 g/mol. The number of piperidine rings is 3. The largest absolute Gasteiger partial charge is 0.373 e. The number of hydrogen-bond donors (Lipinski definition) is 3. The number of likely N-dealkylation sites (tertiary alicyclic amines) is 2. The number of nitrogens with one attached hydrogen (secondary N) is 3. The predicted molar refractivity (Wildman–Crippen MR) is 243 cm³/mol. The van der Waals surface area contributed by atoms with Crippen LogP contribution in [0, 0.1) is 11.7 Å². The van der Waals surface area contributed by atoms with E-state index in [4.69, 9.17) is 4.98 Å². The number of nitrogens with zero attached hydrogens (tertiary/aromatic N) is 8. The maximum Gasteiger partial charge on any atom is 0.253 e. The van der Waals surface area contributed by atoms with Crippen molar-refractivity contribution in [2.75, 3.05) is 81.5 Å². The van der Waals surface area contributed by atoms with Crippen molar-refractivity contribution in [1.82, 2.24) is 39.5 Å². The maximum atomic E-state index is 15.2. The molecule has 0 aliphatic carbocycles. The van der Waals surface area contributed by atoms with E-state index in [0.29, 0.717) is 42.9 Å². The lowest BCUT2D eigenvalue weighted by atomic mass is 9.88. The van der Waals surface area contributed by atoms with Crippen LogP contribution in [0.5, 0.6) is 0 Å². The zero-order chi connectivity index (χ0) is 43.6. The first kappa shape index (κ1) is 42.4. The SMILES string of the molecule is CNc1ccc(-c2ccnc3c2cc([C@H](C)N2CCC(c4ccc(C(=O)N5CCC(CN6CCN(c7ncc(NC8CCC(=O)NC8=O)cc7F)CC6)CC5)cc4)CC2)n3C)cn1.